The predicted molar refractivity (Wildman–Crippen MR) is 55.0 cm³/mol. The van der Waals surface area contributed by atoms with Gasteiger partial charge in [-0.25, -0.2) is 4.39 Å². The van der Waals surface area contributed by atoms with Crippen LogP contribution in [0.3, 0.4) is 0 Å². The van der Waals surface area contributed by atoms with Crippen molar-refractivity contribution in [3.05, 3.63) is 0 Å². The average Bonchev–Trinajstić information content (AvgIpc) is 2.75. The number of halogens is 1. The molecule has 1 nitrogen and oxygen atoms in total. The first-order valence-corrected chi connectivity index (χ1v) is 6.21. The van der Waals surface area contributed by atoms with Crippen LogP contribution in [0.5, 0.6) is 0 Å². The first kappa shape index (κ1) is 9.14. The van der Waals surface area contributed by atoms with Gasteiger partial charge in [0, 0.05) is 12.1 Å². The normalized spacial score (nSPS) is 48.6. The van der Waals surface area contributed by atoms with Crippen LogP contribution in [-0.2, 0) is 0 Å². The summed E-state index contributed by atoms with van der Waals surface area (Å²) < 4.78 is 14.8. The van der Waals surface area contributed by atoms with Crippen LogP contribution in [0.25, 0.3) is 0 Å². The van der Waals surface area contributed by atoms with Crippen LogP contribution < -0.4 is 5.32 Å². The van der Waals surface area contributed by atoms with Crippen molar-refractivity contribution < 1.29 is 4.39 Å². The second kappa shape index (κ2) is 3.19. The van der Waals surface area contributed by atoms with E-state index in [9.17, 15) is 4.39 Å². The van der Waals surface area contributed by atoms with Gasteiger partial charge in [-0.3, -0.25) is 0 Å². The predicted octanol–water partition coefficient (Wildman–Crippen LogP) is 2.80. The molecule has 2 unspecified atom stereocenters. The van der Waals surface area contributed by atoms with Gasteiger partial charge in [0.05, 0.1) is 0 Å². The molecule has 0 spiro atoms. The van der Waals surface area contributed by atoms with Gasteiger partial charge in [0.1, 0.15) is 5.67 Å². The molecular formula is C12H20FN. The number of piperidine rings is 1. The molecule has 0 radical (unpaired) electrons. The lowest BCUT2D eigenvalue weighted by Gasteiger charge is -2.39. The molecule has 2 aliphatic heterocycles. The quantitative estimate of drug-likeness (QED) is 0.681. The summed E-state index contributed by atoms with van der Waals surface area (Å²) in [5.41, 5.74) is -0.798. The second-order valence-corrected chi connectivity index (χ2v) is 5.56. The molecule has 1 N–H and O–H groups in total. The molecule has 2 atom stereocenters. The standard InChI is InChI=1S/C12H20FN/c13-12(9-3-1-2-4-9)7-10-5-6-11(8-12)14-10/h9-11,14H,1-8H2. The van der Waals surface area contributed by atoms with Gasteiger partial charge in [-0.1, -0.05) is 12.8 Å². The summed E-state index contributed by atoms with van der Waals surface area (Å²) in [6.45, 7) is 0. The van der Waals surface area contributed by atoms with Crippen molar-refractivity contribution in [2.45, 2.75) is 69.1 Å². The van der Waals surface area contributed by atoms with Gasteiger partial charge < -0.3 is 5.32 Å². The fourth-order valence-electron chi connectivity index (χ4n) is 3.90. The number of hydrogen-bond donors (Lipinski definition) is 1. The van der Waals surface area contributed by atoms with E-state index in [1.807, 2.05) is 0 Å². The summed E-state index contributed by atoms with van der Waals surface area (Å²) in [5.74, 6) is 0.396. The molecule has 3 fully saturated rings. The smallest absolute Gasteiger partial charge is 0.116 e. The molecule has 2 bridgehead atoms. The zero-order valence-corrected chi connectivity index (χ0v) is 8.77. The molecule has 80 valence electrons. The van der Waals surface area contributed by atoms with Gasteiger partial charge >= 0.3 is 0 Å². The Balaban J connectivity index is 1.75. The van der Waals surface area contributed by atoms with Gasteiger partial charge in [0.15, 0.2) is 0 Å². The Labute approximate surface area is 85.5 Å². The van der Waals surface area contributed by atoms with Gasteiger partial charge in [-0.2, -0.15) is 0 Å². The maximum atomic E-state index is 14.8. The maximum Gasteiger partial charge on any atom is 0.116 e. The number of hydrogen-bond acceptors (Lipinski definition) is 1. The summed E-state index contributed by atoms with van der Waals surface area (Å²) in [5, 5.41) is 3.53. The Hall–Kier alpha value is -0.110. The fourth-order valence-corrected chi connectivity index (χ4v) is 3.90. The Kier molecular flexibility index (Phi) is 2.08. The second-order valence-electron chi connectivity index (χ2n) is 5.56. The zero-order valence-electron chi connectivity index (χ0n) is 8.77. The number of rotatable bonds is 1. The molecule has 0 aromatic heterocycles. The van der Waals surface area contributed by atoms with Gasteiger partial charge in [-0.05, 0) is 44.4 Å². The van der Waals surface area contributed by atoms with Crippen LogP contribution >= 0.6 is 0 Å². The minimum absolute atomic E-state index is 0.396. The van der Waals surface area contributed by atoms with E-state index in [1.165, 1.54) is 25.7 Å². The van der Waals surface area contributed by atoms with Crippen molar-refractivity contribution in [1.82, 2.24) is 5.32 Å². The third kappa shape index (κ3) is 1.39. The van der Waals surface area contributed by atoms with Gasteiger partial charge in [0.2, 0.25) is 0 Å². The van der Waals surface area contributed by atoms with Crippen LogP contribution in [0.4, 0.5) is 4.39 Å². The van der Waals surface area contributed by atoms with E-state index in [0.717, 1.165) is 25.7 Å². The van der Waals surface area contributed by atoms with E-state index >= 15 is 0 Å². The summed E-state index contributed by atoms with van der Waals surface area (Å²) in [6, 6.07) is 0.999. The van der Waals surface area contributed by atoms with Crippen molar-refractivity contribution in [3.63, 3.8) is 0 Å². The van der Waals surface area contributed by atoms with E-state index in [-0.39, 0.29) is 0 Å². The molecule has 0 aromatic carbocycles. The van der Waals surface area contributed by atoms with E-state index < -0.39 is 5.67 Å². The SMILES string of the molecule is FC1(C2CCCC2)CC2CCC(C1)N2. The van der Waals surface area contributed by atoms with Crippen molar-refractivity contribution in [1.29, 1.82) is 0 Å². The lowest BCUT2D eigenvalue weighted by atomic mass is 9.78. The van der Waals surface area contributed by atoms with Crippen molar-refractivity contribution in [2.75, 3.05) is 0 Å². The molecule has 2 heterocycles. The van der Waals surface area contributed by atoms with E-state index in [0.29, 0.717) is 18.0 Å². The monoisotopic (exact) mass is 197 g/mol. The van der Waals surface area contributed by atoms with E-state index in [1.54, 1.807) is 0 Å². The van der Waals surface area contributed by atoms with Gasteiger partial charge in [0.25, 0.3) is 0 Å². The average molecular weight is 197 g/mol. The summed E-state index contributed by atoms with van der Waals surface area (Å²) >= 11 is 0. The lowest BCUT2D eigenvalue weighted by Crippen LogP contribution is -2.49. The molecule has 14 heavy (non-hydrogen) atoms. The summed E-state index contributed by atoms with van der Waals surface area (Å²) in [4.78, 5) is 0. The highest BCUT2D eigenvalue weighted by Crippen LogP contribution is 2.47. The van der Waals surface area contributed by atoms with Crippen molar-refractivity contribution >= 4 is 0 Å². The minimum Gasteiger partial charge on any atom is -0.311 e. The summed E-state index contributed by atoms with van der Waals surface area (Å²) in [7, 11) is 0. The maximum absolute atomic E-state index is 14.8. The largest absolute Gasteiger partial charge is 0.311 e. The highest BCUT2D eigenvalue weighted by molar-refractivity contribution is 5.03. The van der Waals surface area contributed by atoms with Crippen LogP contribution in [-0.4, -0.2) is 17.8 Å². The first-order valence-electron chi connectivity index (χ1n) is 6.21. The molecule has 3 aliphatic rings. The zero-order chi connectivity index (χ0) is 9.60. The Morgan fingerprint density at radius 2 is 1.50 bits per heavy atom. The van der Waals surface area contributed by atoms with Crippen LogP contribution in [0.2, 0.25) is 0 Å². The number of fused-ring (bicyclic) bond motifs is 2. The van der Waals surface area contributed by atoms with Crippen LogP contribution in [0, 0.1) is 5.92 Å². The Morgan fingerprint density at radius 3 is 2.07 bits per heavy atom. The first-order chi connectivity index (χ1) is 6.76. The lowest BCUT2D eigenvalue weighted by molar-refractivity contribution is 0.0283. The number of alkyl halides is 1. The van der Waals surface area contributed by atoms with E-state index in [4.69, 9.17) is 0 Å². The molecule has 1 aliphatic carbocycles. The fraction of sp³-hybridized carbons (Fsp3) is 1.00. The molecule has 2 saturated heterocycles. The highest BCUT2D eigenvalue weighted by atomic mass is 19.1. The Bertz CT molecular complexity index is 210. The molecule has 0 amide bonds. The molecule has 3 rings (SSSR count). The molecular weight excluding hydrogens is 177 g/mol. The number of nitrogens with one attached hydrogen (secondary N) is 1. The Morgan fingerprint density at radius 1 is 0.929 bits per heavy atom. The van der Waals surface area contributed by atoms with E-state index in [2.05, 4.69) is 5.32 Å². The molecule has 0 aromatic rings. The third-order valence-electron chi connectivity index (χ3n) is 4.59. The molecule has 1 saturated carbocycles. The summed E-state index contributed by atoms with van der Waals surface area (Å²) in [6.07, 6.45) is 8.85. The molecule has 2 heteroatoms. The minimum atomic E-state index is -0.798. The highest BCUT2D eigenvalue weighted by Gasteiger charge is 2.48. The van der Waals surface area contributed by atoms with Crippen molar-refractivity contribution in [2.24, 2.45) is 5.92 Å². The topological polar surface area (TPSA) is 12.0 Å². The van der Waals surface area contributed by atoms with Gasteiger partial charge in [-0.15, -0.1) is 0 Å². The van der Waals surface area contributed by atoms with Crippen LogP contribution in [0.1, 0.15) is 51.4 Å². The third-order valence-corrected chi connectivity index (χ3v) is 4.59. The van der Waals surface area contributed by atoms with Crippen LogP contribution in [0.15, 0.2) is 0 Å². The van der Waals surface area contributed by atoms with Crippen molar-refractivity contribution in [3.8, 4) is 0 Å².